The largest absolute Gasteiger partial charge is 0.390 e. The number of likely N-dealkylation sites (tertiary alicyclic amines) is 1. The van der Waals surface area contributed by atoms with Crippen LogP contribution in [0.4, 0.5) is 0 Å². The van der Waals surface area contributed by atoms with Crippen LogP contribution in [0.25, 0.3) is 0 Å². The smallest absolute Gasteiger partial charge is 0.0950 e. The molecule has 0 aromatic carbocycles. The van der Waals surface area contributed by atoms with Gasteiger partial charge in [0.2, 0.25) is 0 Å². The van der Waals surface area contributed by atoms with Crippen LogP contribution in [0.3, 0.4) is 0 Å². The Kier molecular flexibility index (Phi) is 3.75. The lowest BCUT2D eigenvalue weighted by atomic mass is 10.4. The number of aliphatic hydroxyl groups excluding tert-OH is 1. The number of nitrogens with zero attached hydrogens (tertiary/aromatic N) is 3. The van der Waals surface area contributed by atoms with Gasteiger partial charge in [0, 0.05) is 12.7 Å². The molecule has 0 bridgehead atoms. The molecule has 1 fully saturated rings. The molecule has 0 radical (unpaired) electrons. The third-order valence-corrected chi connectivity index (χ3v) is 2.94. The summed E-state index contributed by atoms with van der Waals surface area (Å²) in [6, 6.07) is 0. The van der Waals surface area contributed by atoms with Crippen LogP contribution in [0.1, 0.15) is 25.0 Å². The Balaban J connectivity index is 1.68. The molecule has 84 valence electrons. The molecule has 0 aliphatic carbocycles. The summed E-state index contributed by atoms with van der Waals surface area (Å²) in [4.78, 5) is 6.60. The zero-order valence-electron chi connectivity index (χ0n) is 9.10. The average Bonchev–Trinajstić information content (AvgIpc) is 2.88. The van der Waals surface area contributed by atoms with E-state index in [1.54, 1.807) is 6.33 Å². The minimum Gasteiger partial charge on any atom is -0.390 e. The SMILES string of the molecule is OCc1cn(CCCN2CCCC2)cn1. The molecular weight excluding hydrogens is 190 g/mol. The fraction of sp³-hybridized carbons (Fsp3) is 0.727. The first-order chi connectivity index (χ1) is 7.38. The highest BCUT2D eigenvalue weighted by Crippen LogP contribution is 2.08. The number of rotatable bonds is 5. The minimum atomic E-state index is 0.0408. The maximum Gasteiger partial charge on any atom is 0.0950 e. The van der Waals surface area contributed by atoms with Crippen molar-refractivity contribution in [1.82, 2.24) is 14.5 Å². The maximum absolute atomic E-state index is 8.86. The lowest BCUT2D eigenvalue weighted by Crippen LogP contribution is -2.21. The van der Waals surface area contributed by atoms with Gasteiger partial charge in [0.05, 0.1) is 18.6 Å². The van der Waals surface area contributed by atoms with Crippen molar-refractivity contribution in [2.75, 3.05) is 19.6 Å². The van der Waals surface area contributed by atoms with Crippen molar-refractivity contribution >= 4 is 0 Å². The average molecular weight is 209 g/mol. The molecule has 1 aliphatic rings. The summed E-state index contributed by atoms with van der Waals surface area (Å²) in [7, 11) is 0. The lowest BCUT2D eigenvalue weighted by Gasteiger charge is -2.13. The Morgan fingerprint density at radius 1 is 1.27 bits per heavy atom. The zero-order valence-corrected chi connectivity index (χ0v) is 9.10. The molecule has 1 aromatic heterocycles. The second-order valence-electron chi connectivity index (χ2n) is 4.16. The first kappa shape index (κ1) is 10.6. The second-order valence-corrected chi connectivity index (χ2v) is 4.16. The monoisotopic (exact) mass is 209 g/mol. The Bertz CT molecular complexity index is 292. The van der Waals surface area contributed by atoms with Gasteiger partial charge in [-0.2, -0.15) is 0 Å². The molecule has 2 heterocycles. The molecule has 0 spiro atoms. The van der Waals surface area contributed by atoms with E-state index in [4.69, 9.17) is 5.11 Å². The number of aromatic nitrogens is 2. The number of hydrogen-bond acceptors (Lipinski definition) is 3. The van der Waals surface area contributed by atoms with Crippen LogP contribution in [0.2, 0.25) is 0 Å². The van der Waals surface area contributed by atoms with E-state index in [-0.39, 0.29) is 6.61 Å². The number of aliphatic hydroxyl groups is 1. The van der Waals surface area contributed by atoms with E-state index in [1.165, 1.54) is 38.9 Å². The molecule has 1 aliphatic heterocycles. The topological polar surface area (TPSA) is 41.3 Å². The van der Waals surface area contributed by atoms with Gasteiger partial charge in [-0.1, -0.05) is 0 Å². The van der Waals surface area contributed by atoms with Crippen LogP contribution in [0.15, 0.2) is 12.5 Å². The van der Waals surface area contributed by atoms with Crippen LogP contribution >= 0.6 is 0 Å². The highest BCUT2D eigenvalue weighted by molar-refractivity contribution is 4.93. The molecule has 4 nitrogen and oxygen atoms in total. The summed E-state index contributed by atoms with van der Waals surface area (Å²) in [6.07, 6.45) is 7.61. The van der Waals surface area contributed by atoms with Gasteiger partial charge in [-0.15, -0.1) is 0 Å². The molecule has 0 saturated carbocycles. The summed E-state index contributed by atoms with van der Waals surface area (Å²) < 4.78 is 2.06. The standard InChI is InChI=1S/C11H19N3O/c15-9-11-8-14(10-12-11)7-3-6-13-4-1-2-5-13/h8,10,15H,1-7,9H2. The van der Waals surface area contributed by atoms with Gasteiger partial charge in [-0.05, 0) is 38.9 Å². The molecule has 1 aromatic rings. The quantitative estimate of drug-likeness (QED) is 0.782. The fourth-order valence-electron chi connectivity index (χ4n) is 2.09. The van der Waals surface area contributed by atoms with Crippen LogP contribution in [0.5, 0.6) is 0 Å². The van der Waals surface area contributed by atoms with E-state index in [2.05, 4.69) is 14.5 Å². The van der Waals surface area contributed by atoms with Gasteiger partial charge >= 0.3 is 0 Å². The first-order valence-electron chi connectivity index (χ1n) is 5.72. The van der Waals surface area contributed by atoms with Crippen molar-refractivity contribution in [3.63, 3.8) is 0 Å². The van der Waals surface area contributed by atoms with Crippen molar-refractivity contribution in [3.8, 4) is 0 Å². The Morgan fingerprint density at radius 3 is 2.73 bits per heavy atom. The lowest BCUT2D eigenvalue weighted by molar-refractivity contribution is 0.277. The summed E-state index contributed by atoms with van der Waals surface area (Å²) in [5, 5.41) is 8.86. The second kappa shape index (κ2) is 5.28. The summed E-state index contributed by atoms with van der Waals surface area (Å²) >= 11 is 0. The van der Waals surface area contributed by atoms with E-state index in [1.807, 2.05) is 6.20 Å². The van der Waals surface area contributed by atoms with Gasteiger partial charge in [0.1, 0.15) is 0 Å². The molecule has 1 N–H and O–H groups in total. The molecule has 15 heavy (non-hydrogen) atoms. The molecule has 0 atom stereocenters. The third-order valence-electron chi connectivity index (χ3n) is 2.94. The molecular formula is C11H19N3O. The Hall–Kier alpha value is -0.870. The molecule has 0 amide bonds. The Morgan fingerprint density at radius 2 is 2.07 bits per heavy atom. The van der Waals surface area contributed by atoms with E-state index in [0.717, 1.165) is 12.2 Å². The minimum absolute atomic E-state index is 0.0408. The highest BCUT2D eigenvalue weighted by Gasteiger charge is 2.10. The van der Waals surface area contributed by atoms with Crippen LogP contribution in [0, 0.1) is 0 Å². The Labute approximate surface area is 90.5 Å². The first-order valence-corrected chi connectivity index (χ1v) is 5.72. The number of hydrogen-bond donors (Lipinski definition) is 1. The van der Waals surface area contributed by atoms with Crippen molar-refractivity contribution in [2.45, 2.75) is 32.4 Å². The maximum atomic E-state index is 8.86. The molecule has 0 unspecified atom stereocenters. The summed E-state index contributed by atoms with van der Waals surface area (Å²) in [5.74, 6) is 0. The van der Waals surface area contributed by atoms with Crippen LogP contribution in [-0.4, -0.2) is 39.2 Å². The summed E-state index contributed by atoms with van der Waals surface area (Å²) in [6.45, 7) is 4.77. The van der Waals surface area contributed by atoms with Crippen molar-refractivity contribution in [2.24, 2.45) is 0 Å². The van der Waals surface area contributed by atoms with Crippen molar-refractivity contribution in [1.29, 1.82) is 0 Å². The zero-order chi connectivity index (χ0) is 10.5. The normalized spacial score (nSPS) is 17.4. The van der Waals surface area contributed by atoms with Gasteiger partial charge < -0.3 is 14.6 Å². The predicted octanol–water partition coefficient (Wildman–Crippen LogP) is 0.861. The van der Waals surface area contributed by atoms with Crippen LogP contribution < -0.4 is 0 Å². The van der Waals surface area contributed by atoms with Crippen molar-refractivity contribution < 1.29 is 5.11 Å². The molecule has 4 heteroatoms. The third kappa shape index (κ3) is 3.04. The van der Waals surface area contributed by atoms with E-state index >= 15 is 0 Å². The van der Waals surface area contributed by atoms with Crippen molar-refractivity contribution in [3.05, 3.63) is 18.2 Å². The van der Waals surface area contributed by atoms with Gasteiger partial charge in [0.25, 0.3) is 0 Å². The molecule has 1 saturated heterocycles. The van der Waals surface area contributed by atoms with E-state index < -0.39 is 0 Å². The van der Waals surface area contributed by atoms with Gasteiger partial charge in [-0.25, -0.2) is 4.98 Å². The molecule has 2 rings (SSSR count). The highest BCUT2D eigenvalue weighted by atomic mass is 16.3. The summed E-state index contributed by atoms with van der Waals surface area (Å²) in [5.41, 5.74) is 0.760. The van der Waals surface area contributed by atoms with Gasteiger partial charge in [-0.3, -0.25) is 0 Å². The van der Waals surface area contributed by atoms with Crippen LogP contribution in [-0.2, 0) is 13.2 Å². The van der Waals surface area contributed by atoms with E-state index in [0.29, 0.717) is 0 Å². The predicted molar refractivity (Wildman–Crippen MR) is 58.4 cm³/mol. The number of imidazole rings is 1. The fourth-order valence-corrected chi connectivity index (χ4v) is 2.09. The van der Waals surface area contributed by atoms with E-state index in [9.17, 15) is 0 Å². The number of aryl methyl sites for hydroxylation is 1. The van der Waals surface area contributed by atoms with Gasteiger partial charge in [0.15, 0.2) is 0 Å².